The van der Waals surface area contributed by atoms with Crippen LogP contribution in [0, 0.1) is 0 Å². The first-order chi connectivity index (χ1) is 15.9. The minimum absolute atomic E-state index is 0.164. The zero-order chi connectivity index (χ0) is 23.1. The molecule has 9 nitrogen and oxygen atoms in total. The van der Waals surface area contributed by atoms with Gasteiger partial charge in [-0.2, -0.15) is 0 Å². The Kier molecular flexibility index (Phi) is 5.41. The Morgan fingerprint density at radius 1 is 1.15 bits per heavy atom. The van der Waals surface area contributed by atoms with E-state index in [9.17, 15) is 4.79 Å². The number of nitrogens with zero attached hydrogens (tertiary/aromatic N) is 5. The molecule has 0 bridgehead atoms. The van der Waals surface area contributed by atoms with Crippen molar-refractivity contribution in [3.8, 4) is 17.1 Å². The molecule has 0 spiro atoms. The number of piperazine rings is 1. The van der Waals surface area contributed by atoms with E-state index >= 15 is 0 Å². The number of rotatable bonds is 4. The molecule has 0 unspecified atom stereocenters. The van der Waals surface area contributed by atoms with Gasteiger partial charge in [0.25, 0.3) is 5.91 Å². The van der Waals surface area contributed by atoms with Crippen LogP contribution in [-0.4, -0.2) is 65.7 Å². The predicted octanol–water partition coefficient (Wildman–Crippen LogP) is 2.18. The molecule has 1 aliphatic heterocycles. The molecule has 3 N–H and O–H groups in total. The van der Waals surface area contributed by atoms with Crippen LogP contribution in [-0.2, 0) is 19.9 Å². The summed E-state index contributed by atoms with van der Waals surface area (Å²) >= 11 is 0. The lowest BCUT2D eigenvalue weighted by molar-refractivity contribution is 0.102. The fraction of sp³-hybridized carbons (Fsp3) is 0.375. The molecule has 0 atom stereocenters. The molecule has 1 saturated heterocycles. The van der Waals surface area contributed by atoms with Crippen LogP contribution in [0.3, 0.4) is 0 Å². The van der Waals surface area contributed by atoms with Gasteiger partial charge in [0.1, 0.15) is 5.75 Å². The summed E-state index contributed by atoms with van der Waals surface area (Å²) in [6.45, 7) is 3.99. The van der Waals surface area contributed by atoms with E-state index in [1.165, 1.54) is 0 Å². The van der Waals surface area contributed by atoms with Crippen LogP contribution in [0.2, 0.25) is 0 Å². The topological polar surface area (TPSA) is 102 Å². The highest BCUT2D eigenvalue weighted by molar-refractivity contribution is 6.07. The van der Waals surface area contributed by atoms with E-state index in [0.29, 0.717) is 17.0 Å². The summed E-state index contributed by atoms with van der Waals surface area (Å²) in [5.41, 5.74) is 12.0. The predicted molar refractivity (Wildman–Crippen MR) is 129 cm³/mol. The highest BCUT2D eigenvalue weighted by Crippen LogP contribution is 2.36. The number of methoxy groups -OCH3 is 1. The lowest BCUT2D eigenvalue weighted by atomic mass is 9.92. The highest BCUT2D eigenvalue weighted by Gasteiger charge is 2.27. The third kappa shape index (κ3) is 3.89. The van der Waals surface area contributed by atoms with Crippen molar-refractivity contribution in [2.75, 3.05) is 56.3 Å². The van der Waals surface area contributed by atoms with E-state index in [-0.39, 0.29) is 11.9 Å². The Balaban J connectivity index is 1.41. The zero-order valence-electron chi connectivity index (χ0n) is 19.3. The van der Waals surface area contributed by atoms with Gasteiger partial charge >= 0.3 is 0 Å². The number of hydrogen-bond acceptors (Lipinski definition) is 7. The number of fused-ring (bicyclic) bond motifs is 3. The van der Waals surface area contributed by atoms with Crippen molar-refractivity contribution in [3.63, 3.8) is 0 Å². The third-order valence-electron chi connectivity index (χ3n) is 6.58. The van der Waals surface area contributed by atoms with Crippen molar-refractivity contribution in [3.05, 3.63) is 47.3 Å². The third-order valence-corrected chi connectivity index (χ3v) is 6.58. The van der Waals surface area contributed by atoms with Crippen molar-refractivity contribution in [1.29, 1.82) is 0 Å². The molecule has 33 heavy (non-hydrogen) atoms. The van der Waals surface area contributed by atoms with E-state index in [2.05, 4.69) is 32.1 Å². The van der Waals surface area contributed by atoms with Crippen LogP contribution in [0.5, 0.6) is 5.75 Å². The second-order valence-corrected chi connectivity index (χ2v) is 8.71. The number of carbonyl (C=O) groups excluding carboxylic acids is 1. The van der Waals surface area contributed by atoms with Gasteiger partial charge in [0.2, 0.25) is 5.95 Å². The number of anilines is 3. The van der Waals surface area contributed by atoms with Crippen molar-refractivity contribution in [2.45, 2.75) is 12.8 Å². The number of hydrogen-bond donors (Lipinski definition) is 2. The summed E-state index contributed by atoms with van der Waals surface area (Å²) in [4.78, 5) is 26.5. The first kappa shape index (κ1) is 21.3. The molecule has 172 valence electrons. The van der Waals surface area contributed by atoms with Gasteiger partial charge in [0.15, 0.2) is 0 Å². The van der Waals surface area contributed by atoms with Crippen LogP contribution in [0.4, 0.5) is 17.3 Å². The maximum absolute atomic E-state index is 13.3. The van der Waals surface area contributed by atoms with Crippen LogP contribution in [0.1, 0.15) is 21.5 Å². The number of aryl methyl sites for hydroxylation is 2. The van der Waals surface area contributed by atoms with Crippen LogP contribution >= 0.6 is 0 Å². The average molecular weight is 448 g/mol. The van der Waals surface area contributed by atoms with Crippen LogP contribution < -0.4 is 20.7 Å². The maximum Gasteiger partial charge on any atom is 0.257 e. The quantitative estimate of drug-likeness (QED) is 0.632. The Hall–Kier alpha value is -3.59. The van der Waals surface area contributed by atoms with Crippen molar-refractivity contribution < 1.29 is 9.53 Å². The molecule has 3 heterocycles. The number of nitrogen functional groups attached to an aromatic ring is 1. The highest BCUT2D eigenvalue weighted by atomic mass is 16.5. The number of carbonyl (C=O) groups is 1. The summed E-state index contributed by atoms with van der Waals surface area (Å²) in [6, 6.07) is 5.96. The van der Waals surface area contributed by atoms with Gasteiger partial charge in [-0.25, -0.2) is 9.97 Å². The normalized spacial score (nSPS) is 15.7. The maximum atomic E-state index is 13.3. The first-order valence-electron chi connectivity index (χ1n) is 11.2. The van der Waals surface area contributed by atoms with Crippen molar-refractivity contribution in [2.24, 2.45) is 7.05 Å². The summed E-state index contributed by atoms with van der Waals surface area (Å²) in [7, 11) is 5.69. The van der Waals surface area contributed by atoms with Gasteiger partial charge in [0, 0.05) is 57.4 Å². The molecule has 2 aromatic heterocycles. The molecule has 0 saturated carbocycles. The molecular weight excluding hydrogens is 418 g/mol. The van der Waals surface area contributed by atoms with Crippen LogP contribution in [0.25, 0.3) is 11.4 Å². The van der Waals surface area contributed by atoms with E-state index in [1.54, 1.807) is 13.3 Å². The Bertz CT molecular complexity index is 1210. The SMILES string of the molecule is COc1cc(N2CCN(C)CC2)ccc1NC(=O)c1cn(C)c2c1CCc1cnc(N)nc1-2. The molecule has 9 heteroatoms. The number of nitrogens with one attached hydrogen (secondary N) is 1. The largest absolute Gasteiger partial charge is 0.494 e. The molecule has 1 fully saturated rings. The second-order valence-electron chi connectivity index (χ2n) is 8.71. The van der Waals surface area contributed by atoms with E-state index in [0.717, 1.165) is 67.2 Å². The number of aromatic nitrogens is 3. The number of ether oxygens (including phenoxy) is 1. The molecular formula is C24H29N7O2. The average Bonchev–Trinajstić information content (AvgIpc) is 3.17. The van der Waals surface area contributed by atoms with Crippen molar-refractivity contribution in [1.82, 2.24) is 19.4 Å². The van der Waals surface area contributed by atoms with Gasteiger partial charge in [0.05, 0.1) is 29.7 Å². The Labute approximate surface area is 193 Å². The minimum atomic E-state index is -0.164. The molecule has 3 aromatic rings. The van der Waals surface area contributed by atoms with Gasteiger partial charge in [-0.1, -0.05) is 0 Å². The number of likely N-dealkylation sites (N-methyl/N-ethyl adjacent to an activating group) is 1. The van der Waals surface area contributed by atoms with E-state index in [4.69, 9.17) is 10.5 Å². The van der Waals surface area contributed by atoms with Crippen LogP contribution in [0.15, 0.2) is 30.6 Å². The molecule has 0 radical (unpaired) electrons. The van der Waals surface area contributed by atoms with E-state index < -0.39 is 0 Å². The summed E-state index contributed by atoms with van der Waals surface area (Å²) in [6.07, 6.45) is 5.16. The summed E-state index contributed by atoms with van der Waals surface area (Å²) in [5.74, 6) is 0.720. The summed E-state index contributed by atoms with van der Waals surface area (Å²) in [5, 5.41) is 3.05. The Morgan fingerprint density at radius 3 is 2.70 bits per heavy atom. The van der Waals surface area contributed by atoms with Gasteiger partial charge < -0.3 is 30.2 Å². The fourth-order valence-electron chi connectivity index (χ4n) is 4.74. The Morgan fingerprint density at radius 2 is 1.94 bits per heavy atom. The second kappa shape index (κ2) is 8.40. The monoisotopic (exact) mass is 447 g/mol. The standard InChI is InChI=1S/C24H29N7O2/c1-29-8-10-31(11-9-29)16-5-7-19(20(12-16)33-3)27-23(32)18-14-30(2)22-17(18)6-4-15-13-26-24(25)28-21(15)22/h5,7,12-14H,4,6,8-11H2,1-3H3,(H,27,32)(H2,25,26,28). The van der Waals surface area contributed by atoms with Gasteiger partial charge in [-0.15, -0.1) is 0 Å². The van der Waals surface area contributed by atoms with Gasteiger partial charge in [-0.05, 0) is 43.1 Å². The molecule has 1 amide bonds. The lowest BCUT2D eigenvalue weighted by Crippen LogP contribution is -2.44. The molecule has 2 aliphatic rings. The molecule has 1 aromatic carbocycles. The number of amides is 1. The van der Waals surface area contributed by atoms with Crippen molar-refractivity contribution >= 4 is 23.2 Å². The minimum Gasteiger partial charge on any atom is -0.494 e. The smallest absolute Gasteiger partial charge is 0.257 e. The summed E-state index contributed by atoms with van der Waals surface area (Å²) < 4.78 is 7.57. The first-order valence-corrected chi connectivity index (χ1v) is 11.2. The lowest BCUT2D eigenvalue weighted by Gasteiger charge is -2.34. The molecule has 5 rings (SSSR count). The number of nitrogens with two attached hydrogens (primary N) is 1. The number of benzene rings is 1. The molecule has 1 aliphatic carbocycles. The van der Waals surface area contributed by atoms with Gasteiger partial charge in [-0.3, -0.25) is 4.79 Å². The fourth-order valence-corrected chi connectivity index (χ4v) is 4.74. The van der Waals surface area contributed by atoms with E-state index in [1.807, 2.05) is 36.0 Å². The zero-order valence-corrected chi connectivity index (χ0v) is 19.3.